The molecular weight excluding hydrogens is 440 g/mol. The summed E-state index contributed by atoms with van der Waals surface area (Å²) >= 11 is 0. The Kier molecular flexibility index (Phi) is 4.51. The number of pyridine rings is 3. The molecule has 0 radical (unpaired) electrons. The van der Waals surface area contributed by atoms with E-state index in [1.807, 2.05) is 6.07 Å². The van der Waals surface area contributed by atoms with Crippen LogP contribution in [-0.4, -0.2) is 27.6 Å². The van der Waals surface area contributed by atoms with Crippen molar-refractivity contribution in [3.8, 4) is 33.9 Å². The Morgan fingerprint density at radius 1 is 0.853 bits per heavy atom. The number of halogens is 2. The number of fused-ring (bicyclic) bond motifs is 4. The van der Waals surface area contributed by atoms with Crippen molar-refractivity contribution in [2.24, 2.45) is 10.7 Å². The fourth-order valence-electron chi connectivity index (χ4n) is 4.52. The van der Waals surface area contributed by atoms with E-state index < -0.39 is 17.4 Å². The molecule has 0 saturated heterocycles. The molecule has 0 unspecified atom stereocenters. The Balaban J connectivity index is 1.59. The van der Waals surface area contributed by atoms with E-state index >= 15 is 0 Å². The number of aromatic nitrogens is 3. The van der Waals surface area contributed by atoms with Crippen molar-refractivity contribution in [1.29, 1.82) is 0 Å². The zero-order valence-electron chi connectivity index (χ0n) is 17.7. The van der Waals surface area contributed by atoms with Crippen molar-refractivity contribution >= 4 is 6.02 Å². The molecule has 3 aromatic heterocycles. The second-order valence-corrected chi connectivity index (χ2v) is 7.97. The van der Waals surface area contributed by atoms with Gasteiger partial charge in [-0.3, -0.25) is 4.98 Å². The number of benzene rings is 1. The SMILES string of the molecule is NC1=N[C@]2(CCO1)c1cc(-c3cccnc3F)ccc1Oc1cnc(-c3cccnc3F)cc12. The maximum Gasteiger partial charge on any atom is 0.283 e. The van der Waals surface area contributed by atoms with Gasteiger partial charge in [0.1, 0.15) is 11.3 Å². The lowest BCUT2D eigenvalue weighted by molar-refractivity contribution is 0.219. The van der Waals surface area contributed by atoms with Crippen molar-refractivity contribution in [3.63, 3.8) is 0 Å². The quantitative estimate of drug-likeness (QED) is 0.443. The second-order valence-electron chi connectivity index (χ2n) is 7.97. The average Bonchev–Trinajstić information content (AvgIpc) is 2.85. The summed E-state index contributed by atoms with van der Waals surface area (Å²) in [6.45, 7) is 0.304. The highest BCUT2D eigenvalue weighted by Crippen LogP contribution is 2.53. The Labute approximate surface area is 193 Å². The standard InChI is InChI=1S/C25H17F2N5O2/c26-22-15(3-1-8-29-22)14-5-6-20-17(11-14)25(7-10-33-24(28)32-25)18-12-19(31-13-21(18)34-20)16-4-2-9-30-23(16)27/h1-6,8-9,11-13H,7,10H2,(H2,28,32)/t25-/m1/s1. The molecular formula is C25H17F2N5O2. The highest BCUT2D eigenvalue weighted by molar-refractivity contribution is 5.77. The first-order chi connectivity index (χ1) is 16.5. The predicted octanol–water partition coefficient (Wildman–Crippen LogP) is 4.57. The fourth-order valence-corrected chi connectivity index (χ4v) is 4.52. The molecule has 0 amide bonds. The largest absolute Gasteiger partial charge is 0.465 e. The van der Waals surface area contributed by atoms with Crippen molar-refractivity contribution in [3.05, 3.63) is 90.1 Å². The molecule has 2 aliphatic heterocycles. The van der Waals surface area contributed by atoms with Gasteiger partial charge in [-0.25, -0.2) is 15.0 Å². The molecule has 0 bridgehead atoms. The van der Waals surface area contributed by atoms with Gasteiger partial charge < -0.3 is 15.2 Å². The average molecular weight is 457 g/mol. The third-order valence-corrected chi connectivity index (χ3v) is 6.08. The number of hydrogen-bond acceptors (Lipinski definition) is 7. The van der Waals surface area contributed by atoms with Crippen LogP contribution in [0.1, 0.15) is 17.5 Å². The molecule has 5 heterocycles. The summed E-state index contributed by atoms with van der Waals surface area (Å²) in [5.41, 5.74) is 7.99. The summed E-state index contributed by atoms with van der Waals surface area (Å²) < 4.78 is 40.5. The molecule has 6 rings (SSSR count). The molecule has 0 saturated carbocycles. The van der Waals surface area contributed by atoms with Crippen LogP contribution in [-0.2, 0) is 10.3 Å². The third-order valence-electron chi connectivity index (χ3n) is 6.08. The third kappa shape index (κ3) is 3.08. The Hall–Kier alpha value is -4.40. The monoisotopic (exact) mass is 457 g/mol. The van der Waals surface area contributed by atoms with E-state index in [9.17, 15) is 8.78 Å². The molecule has 1 spiro atoms. The second kappa shape index (κ2) is 7.58. The summed E-state index contributed by atoms with van der Waals surface area (Å²) in [5, 5.41) is 0. The first-order valence-electron chi connectivity index (χ1n) is 10.6. The van der Waals surface area contributed by atoms with Crippen LogP contribution in [0.5, 0.6) is 11.5 Å². The lowest BCUT2D eigenvalue weighted by Gasteiger charge is -2.39. The molecule has 9 heteroatoms. The van der Waals surface area contributed by atoms with Crippen LogP contribution in [0, 0.1) is 11.9 Å². The van der Waals surface area contributed by atoms with Gasteiger partial charge in [-0.1, -0.05) is 6.07 Å². The Morgan fingerprint density at radius 3 is 2.32 bits per heavy atom. The topological polar surface area (TPSA) is 95.5 Å². The van der Waals surface area contributed by atoms with Crippen LogP contribution >= 0.6 is 0 Å². The van der Waals surface area contributed by atoms with Crippen LogP contribution in [0.4, 0.5) is 8.78 Å². The van der Waals surface area contributed by atoms with E-state index in [1.165, 1.54) is 18.6 Å². The van der Waals surface area contributed by atoms with Gasteiger partial charge in [-0.15, -0.1) is 0 Å². The predicted molar refractivity (Wildman–Crippen MR) is 120 cm³/mol. The Bertz CT molecular complexity index is 1380. The van der Waals surface area contributed by atoms with Gasteiger partial charge in [0.2, 0.25) is 11.9 Å². The van der Waals surface area contributed by atoms with Gasteiger partial charge >= 0.3 is 0 Å². The van der Waals surface area contributed by atoms with Gasteiger partial charge in [-0.05, 0) is 48.0 Å². The number of nitrogens with zero attached hydrogens (tertiary/aromatic N) is 4. The lowest BCUT2D eigenvalue weighted by Crippen LogP contribution is -2.38. The number of aliphatic imine (C=N–C) groups is 1. The van der Waals surface area contributed by atoms with Gasteiger partial charge in [0.05, 0.1) is 24.1 Å². The van der Waals surface area contributed by atoms with Gasteiger partial charge in [0.15, 0.2) is 5.75 Å². The highest BCUT2D eigenvalue weighted by Gasteiger charge is 2.45. The van der Waals surface area contributed by atoms with E-state index in [-0.39, 0.29) is 11.6 Å². The zero-order valence-corrected chi connectivity index (χ0v) is 17.7. The van der Waals surface area contributed by atoms with Gasteiger partial charge in [0, 0.05) is 35.5 Å². The number of hydrogen-bond donors (Lipinski definition) is 1. The first kappa shape index (κ1) is 20.2. The minimum atomic E-state index is -0.990. The summed E-state index contributed by atoms with van der Waals surface area (Å²) in [5.74, 6) is -0.201. The molecule has 0 fully saturated rings. The number of ether oxygens (including phenoxy) is 2. The molecule has 168 valence electrons. The van der Waals surface area contributed by atoms with E-state index in [4.69, 9.17) is 20.2 Å². The van der Waals surface area contributed by atoms with Gasteiger partial charge in [-0.2, -0.15) is 8.78 Å². The van der Waals surface area contributed by atoms with Crippen LogP contribution in [0.25, 0.3) is 22.4 Å². The van der Waals surface area contributed by atoms with Crippen molar-refractivity contribution < 1.29 is 18.3 Å². The molecule has 1 atom stereocenters. The van der Waals surface area contributed by atoms with Crippen molar-refractivity contribution in [1.82, 2.24) is 15.0 Å². The highest BCUT2D eigenvalue weighted by atomic mass is 19.1. The van der Waals surface area contributed by atoms with E-state index in [2.05, 4.69) is 15.0 Å². The Morgan fingerprint density at radius 2 is 1.59 bits per heavy atom. The first-order valence-corrected chi connectivity index (χ1v) is 10.6. The fraction of sp³-hybridized carbons (Fsp3) is 0.120. The number of amidine groups is 1. The smallest absolute Gasteiger partial charge is 0.283 e. The molecule has 34 heavy (non-hydrogen) atoms. The van der Waals surface area contributed by atoms with Crippen molar-refractivity contribution in [2.45, 2.75) is 12.0 Å². The maximum absolute atomic E-state index is 14.5. The summed E-state index contributed by atoms with van der Waals surface area (Å²) in [6, 6.07) is 13.7. The molecule has 2 aliphatic rings. The molecule has 1 aromatic carbocycles. The minimum absolute atomic E-state index is 0.0222. The normalized spacial score (nSPS) is 18.4. The molecule has 4 aromatic rings. The van der Waals surface area contributed by atoms with Crippen molar-refractivity contribution in [2.75, 3.05) is 6.61 Å². The molecule has 2 N–H and O–H groups in total. The maximum atomic E-state index is 14.5. The summed E-state index contributed by atoms with van der Waals surface area (Å²) in [4.78, 5) is 16.6. The summed E-state index contributed by atoms with van der Waals surface area (Å²) in [7, 11) is 0. The van der Waals surface area contributed by atoms with Crippen LogP contribution in [0.3, 0.4) is 0 Å². The van der Waals surface area contributed by atoms with E-state index in [1.54, 1.807) is 42.5 Å². The zero-order chi connectivity index (χ0) is 23.3. The summed E-state index contributed by atoms with van der Waals surface area (Å²) in [6.07, 6.45) is 4.75. The van der Waals surface area contributed by atoms with E-state index in [0.717, 1.165) is 0 Å². The lowest BCUT2D eigenvalue weighted by atomic mass is 9.77. The number of nitrogens with two attached hydrogens (primary N) is 1. The van der Waals surface area contributed by atoms with Crippen LogP contribution in [0.15, 0.2) is 72.1 Å². The molecule has 0 aliphatic carbocycles. The number of rotatable bonds is 2. The van der Waals surface area contributed by atoms with Crippen LogP contribution in [0.2, 0.25) is 0 Å². The van der Waals surface area contributed by atoms with Crippen LogP contribution < -0.4 is 10.5 Å². The minimum Gasteiger partial charge on any atom is -0.465 e. The van der Waals surface area contributed by atoms with E-state index in [0.29, 0.717) is 52.5 Å². The molecule has 7 nitrogen and oxygen atoms in total. The van der Waals surface area contributed by atoms with Gasteiger partial charge in [0.25, 0.3) is 6.02 Å².